The van der Waals surface area contributed by atoms with E-state index in [9.17, 15) is 34.8 Å². The van der Waals surface area contributed by atoms with Gasteiger partial charge in [0.05, 0.1) is 0 Å². The molecule has 10 heteroatoms. The van der Waals surface area contributed by atoms with E-state index in [1.165, 1.54) is 12.2 Å². The van der Waals surface area contributed by atoms with Crippen LogP contribution < -0.4 is 0 Å². The summed E-state index contributed by atoms with van der Waals surface area (Å²) >= 11 is 0. The van der Waals surface area contributed by atoms with Crippen LogP contribution in [0.5, 0.6) is 0 Å². The van der Waals surface area contributed by atoms with Gasteiger partial charge in [0.15, 0.2) is 5.76 Å². The summed E-state index contributed by atoms with van der Waals surface area (Å²) in [5.74, 6) is -9.69. The summed E-state index contributed by atoms with van der Waals surface area (Å²) in [4.78, 5) is 36.0. The fraction of sp³-hybridized carbons (Fsp3) is 0.125. The number of esters is 3. The first-order valence-electron chi connectivity index (χ1n) is 9.84. The van der Waals surface area contributed by atoms with Gasteiger partial charge in [-0.05, 0) is 23.3 Å². The standard InChI is InChI=1S/C24H20O10/c25-17(13-11-15-7-3-1-4-8-15)32-23(30)24(31,21-19(27)20(28)22(29)33-21)34-18(26)14-12-16-9-5-2-6-10-16/h1-14,21,23,27-28,30-31H/b13-11+,14-12+/t21-,23?,24-/m0/s1. The molecule has 10 nitrogen and oxygen atoms in total. The maximum absolute atomic E-state index is 12.3. The summed E-state index contributed by atoms with van der Waals surface area (Å²) in [6, 6.07) is 17.1. The third-order valence-corrected chi connectivity index (χ3v) is 4.55. The van der Waals surface area contributed by atoms with Crippen molar-refractivity contribution in [3.63, 3.8) is 0 Å². The highest BCUT2D eigenvalue weighted by Crippen LogP contribution is 2.32. The second kappa shape index (κ2) is 10.5. The van der Waals surface area contributed by atoms with E-state index >= 15 is 0 Å². The topological polar surface area (TPSA) is 160 Å². The molecule has 176 valence electrons. The molecular formula is C24H20O10. The zero-order valence-electron chi connectivity index (χ0n) is 17.5. The van der Waals surface area contributed by atoms with Crippen LogP contribution in [0.3, 0.4) is 0 Å². The van der Waals surface area contributed by atoms with Crippen molar-refractivity contribution in [3.05, 3.63) is 95.5 Å². The first kappa shape index (κ1) is 24.2. The van der Waals surface area contributed by atoms with Crippen molar-refractivity contribution in [1.82, 2.24) is 0 Å². The lowest BCUT2D eigenvalue weighted by atomic mass is 10.1. The zero-order chi connectivity index (χ0) is 24.7. The Morgan fingerprint density at radius 3 is 1.88 bits per heavy atom. The van der Waals surface area contributed by atoms with Gasteiger partial charge >= 0.3 is 23.7 Å². The molecule has 2 aromatic carbocycles. The Bertz CT molecular complexity index is 1140. The highest BCUT2D eigenvalue weighted by Gasteiger charge is 2.58. The van der Waals surface area contributed by atoms with E-state index in [-0.39, 0.29) is 0 Å². The number of aliphatic hydroxyl groups is 4. The Balaban J connectivity index is 1.80. The Morgan fingerprint density at radius 2 is 1.41 bits per heavy atom. The minimum atomic E-state index is -3.31. The van der Waals surface area contributed by atoms with Crippen molar-refractivity contribution >= 4 is 30.1 Å². The molecule has 0 saturated carbocycles. The molecule has 0 aliphatic carbocycles. The molecule has 4 N–H and O–H groups in total. The maximum Gasteiger partial charge on any atom is 0.378 e. The van der Waals surface area contributed by atoms with Crippen LogP contribution in [0.4, 0.5) is 0 Å². The predicted molar refractivity (Wildman–Crippen MR) is 116 cm³/mol. The number of carbonyl (C=O) groups is 3. The van der Waals surface area contributed by atoms with Gasteiger partial charge in [-0.1, -0.05) is 60.7 Å². The Labute approximate surface area is 193 Å². The third kappa shape index (κ3) is 5.68. The van der Waals surface area contributed by atoms with E-state index in [1.54, 1.807) is 60.7 Å². The van der Waals surface area contributed by atoms with E-state index in [0.717, 1.165) is 12.2 Å². The molecule has 0 saturated heterocycles. The number of rotatable bonds is 8. The van der Waals surface area contributed by atoms with Crippen LogP contribution in [0, 0.1) is 0 Å². The summed E-state index contributed by atoms with van der Waals surface area (Å²) in [6.45, 7) is 0. The molecular weight excluding hydrogens is 448 g/mol. The van der Waals surface area contributed by atoms with Crippen molar-refractivity contribution < 1.29 is 49.0 Å². The normalized spacial score (nSPS) is 18.5. The molecule has 0 radical (unpaired) electrons. The minimum Gasteiger partial charge on any atom is -0.505 e. The van der Waals surface area contributed by atoms with Crippen LogP contribution in [0.15, 0.2) is 84.3 Å². The van der Waals surface area contributed by atoms with Gasteiger partial charge in [0.1, 0.15) is 0 Å². The van der Waals surface area contributed by atoms with Gasteiger partial charge in [-0.25, -0.2) is 14.4 Å². The fourth-order valence-corrected chi connectivity index (χ4v) is 2.85. The molecule has 3 atom stereocenters. The minimum absolute atomic E-state index is 0.591. The molecule has 1 heterocycles. The van der Waals surface area contributed by atoms with E-state index in [4.69, 9.17) is 9.47 Å². The smallest absolute Gasteiger partial charge is 0.378 e. The third-order valence-electron chi connectivity index (χ3n) is 4.55. The molecule has 3 rings (SSSR count). The summed E-state index contributed by atoms with van der Waals surface area (Å²) in [5.41, 5.74) is 1.21. The lowest BCUT2D eigenvalue weighted by molar-refractivity contribution is -0.327. The quantitative estimate of drug-likeness (QED) is 0.195. The van der Waals surface area contributed by atoms with Crippen LogP contribution in [-0.2, 0) is 28.6 Å². The second-order valence-electron chi connectivity index (χ2n) is 6.97. The Morgan fingerprint density at radius 1 is 0.912 bits per heavy atom. The molecule has 1 aliphatic heterocycles. The van der Waals surface area contributed by atoms with E-state index in [0.29, 0.717) is 11.1 Å². The average Bonchev–Trinajstić information content (AvgIpc) is 3.10. The highest BCUT2D eigenvalue weighted by molar-refractivity contribution is 5.90. The SMILES string of the molecule is O=C(/C=C/c1ccccc1)OC(O)[C@@](O)(OC(=O)/C=C/c1ccccc1)[C@H]1OC(=O)C(O)=C1O. The van der Waals surface area contributed by atoms with Crippen molar-refractivity contribution in [1.29, 1.82) is 0 Å². The van der Waals surface area contributed by atoms with Crippen molar-refractivity contribution in [3.8, 4) is 0 Å². The molecule has 2 aromatic rings. The fourth-order valence-electron chi connectivity index (χ4n) is 2.85. The van der Waals surface area contributed by atoms with Gasteiger partial charge in [0.25, 0.3) is 6.29 Å². The number of ether oxygens (including phenoxy) is 3. The van der Waals surface area contributed by atoms with Gasteiger partial charge in [-0.2, -0.15) is 0 Å². The van der Waals surface area contributed by atoms with Gasteiger partial charge in [-0.15, -0.1) is 0 Å². The van der Waals surface area contributed by atoms with Crippen molar-refractivity contribution in [2.24, 2.45) is 0 Å². The molecule has 34 heavy (non-hydrogen) atoms. The number of cyclic esters (lactones) is 1. The summed E-state index contributed by atoms with van der Waals surface area (Å²) in [5, 5.41) is 40.8. The molecule has 1 aliphatic rings. The maximum atomic E-state index is 12.3. The number of hydrogen-bond donors (Lipinski definition) is 4. The van der Waals surface area contributed by atoms with Gasteiger partial charge < -0.3 is 34.6 Å². The van der Waals surface area contributed by atoms with Gasteiger partial charge in [0.2, 0.25) is 11.9 Å². The first-order valence-corrected chi connectivity index (χ1v) is 9.84. The Hall–Kier alpha value is -4.41. The van der Waals surface area contributed by atoms with Gasteiger partial charge in [-0.3, -0.25) is 0 Å². The molecule has 0 fully saturated rings. The van der Waals surface area contributed by atoms with E-state index in [2.05, 4.69) is 4.74 Å². The summed E-state index contributed by atoms with van der Waals surface area (Å²) in [6.07, 6.45) is -0.458. The molecule has 0 spiro atoms. The monoisotopic (exact) mass is 468 g/mol. The van der Waals surface area contributed by atoms with Gasteiger partial charge in [0, 0.05) is 12.2 Å². The van der Waals surface area contributed by atoms with Crippen molar-refractivity contribution in [2.75, 3.05) is 0 Å². The molecule has 1 unspecified atom stereocenters. The number of benzene rings is 2. The zero-order valence-corrected chi connectivity index (χ0v) is 17.5. The molecule has 0 bridgehead atoms. The number of aliphatic hydroxyl groups excluding tert-OH is 3. The van der Waals surface area contributed by atoms with Crippen LogP contribution in [0.1, 0.15) is 11.1 Å². The molecule has 0 amide bonds. The van der Waals surface area contributed by atoms with E-state index < -0.39 is 47.6 Å². The summed E-state index contributed by atoms with van der Waals surface area (Å²) in [7, 11) is 0. The highest BCUT2D eigenvalue weighted by atomic mass is 16.7. The van der Waals surface area contributed by atoms with Crippen LogP contribution in [-0.4, -0.2) is 56.5 Å². The lowest BCUT2D eigenvalue weighted by Crippen LogP contribution is -2.57. The van der Waals surface area contributed by atoms with Crippen LogP contribution >= 0.6 is 0 Å². The van der Waals surface area contributed by atoms with E-state index in [1.807, 2.05) is 0 Å². The Kier molecular flexibility index (Phi) is 7.46. The number of hydrogen-bond acceptors (Lipinski definition) is 10. The molecule has 0 aromatic heterocycles. The van der Waals surface area contributed by atoms with Crippen LogP contribution in [0.25, 0.3) is 12.2 Å². The number of carbonyl (C=O) groups excluding carboxylic acids is 3. The largest absolute Gasteiger partial charge is 0.505 e. The average molecular weight is 468 g/mol. The summed E-state index contributed by atoms with van der Waals surface area (Å²) < 4.78 is 14.1. The van der Waals surface area contributed by atoms with Crippen LogP contribution in [0.2, 0.25) is 0 Å². The first-order chi connectivity index (χ1) is 16.2. The lowest BCUT2D eigenvalue weighted by Gasteiger charge is -2.34. The van der Waals surface area contributed by atoms with Crippen molar-refractivity contribution in [2.45, 2.75) is 18.2 Å². The second-order valence-corrected chi connectivity index (χ2v) is 6.97. The predicted octanol–water partition coefficient (Wildman–Crippen LogP) is 1.76.